The zero-order valence-corrected chi connectivity index (χ0v) is 25.0. The summed E-state index contributed by atoms with van der Waals surface area (Å²) in [7, 11) is 0. The van der Waals surface area contributed by atoms with Gasteiger partial charge in [0.1, 0.15) is 17.0 Å². The van der Waals surface area contributed by atoms with E-state index in [-0.39, 0.29) is 5.91 Å². The van der Waals surface area contributed by atoms with Gasteiger partial charge in [-0.25, -0.2) is 0 Å². The van der Waals surface area contributed by atoms with E-state index in [1.54, 1.807) is 0 Å². The number of H-pyrrole nitrogens is 1. The van der Waals surface area contributed by atoms with E-state index in [4.69, 9.17) is 14.2 Å². The first-order chi connectivity index (χ1) is 21.7. The van der Waals surface area contributed by atoms with E-state index in [2.05, 4.69) is 74.3 Å². The monoisotopic (exact) mass is 590 g/mol. The van der Waals surface area contributed by atoms with Gasteiger partial charge in [0.05, 0.1) is 26.4 Å². The van der Waals surface area contributed by atoms with Crippen LogP contribution >= 0.6 is 0 Å². The largest absolute Gasteiger partial charge is 0.456 e. The third-order valence-electron chi connectivity index (χ3n) is 9.62. The van der Waals surface area contributed by atoms with Gasteiger partial charge in [0.15, 0.2) is 0 Å². The standard InChI is InChI=1S/C36H38N4O4/c41-35-29-8-1-2-9-30(29)36(40(35)15-4-3-6-26-7-5-14-37-26)31-12-10-27(38-16-20-42-21-17-38)24-33(31)44-34-25-28(11-13-32(34)36)39-18-22-43-23-19-39/h1-2,5,7-14,24-25,37H,3-4,6,15-23H2. The van der Waals surface area contributed by atoms with Crippen molar-refractivity contribution in [3.63, 3.8) is 0 Å². The Hall–Kier alpha value is -4.27. The van der Waals surface area contributed by atoms with Gasteiger partial charge in [-0.05, 0) is 55.2 Å². The Bertz CT molecular complexity index is 1590. The zero-order chi connectivity index (χ0) is 29.5. The maximum atomic E-state index is 14.4. The fraction of sp³-hybridized carbons (Fsp3) is 0.361. The van der Waals surface area contributed by atoms with E-state index in [0.717, 1.165) is 90.6 Å². The SMILES string of the molecule is O=C1c2ccccc2C2(c3ccc(N4CCOCC4)cc3Oc3cc(N4CCOCC4)ccc32)N1CCCCc1ccc[nH]1. The Labute approximate surface area is 258 Å². The van der Waals surface area contributed by atoms with Crippen molar-refractivity contribution >= 4 is 17.3 Å². The Kier molecular flexibility index (Phi) is 7.03. The molecule has 0 aliphatic carbocycles. The molecule has 0 unspecified atom stereocenters. The van der Waals surface area contributed by atoms with E-state index in [0.29, 0.717) is 33.0 Å². The number of hydrogen-bond donors (Lipinski definition) is 1. The van der Waals surface area contributed by atoms with Crippen LogP contribution in [0.5, 0.6) is 11.5 Å². The number of amides is 1. The third kappa shape index (κ3) is 4.47. The smallest absolute Gasteiger partial charge is 0.255 e. The number of unbranched alkanes of at least 4 members (excludes halogenated alkanes) is 1. The molecule has 0 saturated carbocycles. The van der Waals surface area contributed by atoms with Crippen LogP contribution in [0.15, 0.2) is 79.0 Å². The minimum Gasteiger partial charge on any atom is -0.456 e. The van der Waals surface area contributed by atoms with E-state index < -0.39 is 5.54 Å². The molecule has 44 heavy (non-hydrogen) atoms. The molecule has 5 heterocycles. The van der Waals surface area contributed by atoms with Crippen LogP contribution in [0, 0.1) is 0 Å². The molecule has 0 atom stereocenters. The minimum atomic E-state index is -0.782. The zero-order valence-electron chi connectivity index (χ0n) is 25.0. The maximum absolute atomic E-state index is 14.4. The summed E-state index contributed by atoms with van der Waals surface area (Å²) in [5.41, 5.74) is 6.51. The highest BCUT2D eigenvalue weighted by atomic mass is 16.5. The molecule has 226 valence electrons. The van der Waals surface area contributed by atoms with Crippen LogP contribution in [0.2, 0.25) is 0 Å². The van der Waals surface area contributed by atoms with Crippen molar-refractivity contribution in [1.29, 1.82) is 0 Å². The number of aryl methyl sites for hydroxylation is 1. The summed E-state index contributed by atoms with van der Waals surface area (Å²) in [4.78, 5) is 24.5. The lowest BCUT2D eigenvalue weighted by Crippen LogP contribution is -2.48. The van der Waals surface area contributed by atoms with Crippen LogP contribution in [0.3, 0.4) is 0 Å². The number of rotatable bonds is 7. The average Bonchev–Trinajstić information content (AvgIpc) is 3.69. The van der Waals surface area contributed by atoms with E-state index in [1.807, 2.05) is 24.4 Å². The topological polar surface area (TPSA) is 70.3 Å². The number of nitrogens with zero attached hydrogens (tertiary/aromatic N) is 3. The molecule has 1 amide bonds. The van der Waals surface area contributed by atoms with Gasteiger partial charge in [-0.15, -0.1) is 0 Å². The van der Waals surface area contributed by atoms with Crippen LogP contribution in [0.25, 0.3) is 0 Å². The Balaban J connectivity index is 1.26. The first kappa shape index (κ1) is 27.3. The van der Waals surface area contributed by atoms with Gasteiger partial charge in [0, 0.05) is 84.8 Å². The number of carbonyl (C=O) groups is 1. The van der Waals surface area contributed by atoms with Crippen LogP contribution in [0.1, 0.15) is 45.6 Å². The lowest BCUT2D eigenvalue weighted by atomic mass is 9.74. The molecule has 4 aliphatic heterocycles. The summed E-state index contributed by atoms with van der Waals surface area (Å²) in [6.45, 7) is 6.87. The number of ether oxygens (including phenoxy) is 3. The minimum absolute atomic E-state index is 0.0776. The Morgan fingerprint density at radius 3 is 1.95 bits per heavy atom. The predicted octanol–water partition coefficient (Wildman–Crippen LogP) is 5.56. The number of benzene rings is 3. The number of nitrogens with one attached hydrogen (secondary N) is 1. The van der Waals surface area contributed by atoms with E-state index in [1.165, 1.54) is 5.69 Å². The molecule has 8 rings (SSSR count). The third-order valence-corrected chi connectivity index (χ3v) is 9.62. The van der Waals surface area contributed by atoms with Gasteiger partial charge in [0.2, 0.25) is 0 Å². The number of morpholine rings is 2. The predicted molar refractivity (Wildman–Crippen MR) is 170 cm³/mol. The van der Waals surface area contributed by atoms with Crippen molar-refractivity contribution in [3.8, 4) is 11.5 Å². The second kappa shape index (κ2) is 11.3. The van der Waals surface area contributed by atoms with Crippen molar-refractivity contribution < 1.29 is 19.0 Å². The molecule has 2 fully saturated rings. The van der Waals surface area contributed by atoms with Crippen molar-refractivity contribution in [1.82, 2.24) is 9.88 Å². The fourth-order valence-electron chi connectivity index (χ4n) is 7.48. The molecular formula is C36H38N4O4. The summed E-state index contributed by atoms with van der Waals surface area (Å²) in [5.74, 6) is 1.69. The van der Waals surface area contributed by atoms with Crippen LogP contribution in [0.4, 0.5) is 11.4 Å². The fourth-order valence-corrected chi connectivity index (χ4v) is 7.48. The Morgan fingerprint density at radius 1 is 0.705 bits per heavy atom. The molecule has 1 spiro atoms. The summed E-state index contributed by atoms with van der Waals surface area (Å²) in [5, 5.41) is 0. The second-order valence-electron chi connectivity index (χ2n) is 12.0. The maximum Gasteiger partial charge on any atom is 0.255 e. The van der Waals surface area contributed by atoms with Crippen LogP contribution in [-0.2, 0) is 21.4 Å². The quantitative estimate of drug-likeness (QED) is 0.284. The molecule has 8 nitrogen and oxygen atoms in total. The molecule has 4 aliphatic rings. The number of carbonyl (C=O) groups excluding carboxylic acids is 1. The van der Waals surface area contributed by atoms with E-state index in [9.17, 15) is 4.79 Å². The van der Waals surface area contributed by atoms with Gasteiger partial charge in [-0.2, -0.15) is 0 Å². The van der Waals surface area contributed by atoms with Gasteiger partial charge in [0.25, 0.3) is 5.91 Å². The lowest BCUT2D eigenvalue weighted by molar-refractivity contribution is 0.0661. The summed E-state index contributed by atoms with van der Waals surface area (Å²) in [6.07, 6.45) is 4.80. The molecule has 0 bridgehead atoms. The lowest BCUT2D eigenvalue weighted by Gasteiger charge is -2.45. The Morgan fingerprint density at radius 2 is 1.34 bits per heavy atom. The summed E-state index contributed by atoms with van der Waals surface area (Å²) >= 11 is 0. The van der Waals surface area contributed by atoms with Crippen LogP contribution in [-0.4, -0.2) is 74.9 Å². The molecule has 4 aromatic rings. The molecule has 0 radical (unpaired) electrons. The normalized spacial score (nSPS) is 18.6. The highest BCUT2D eigenvalue weighted by Crippen LogP contribution is 2.58. The number of aromatic amines is 1. The summed E-state index contributed by atoms with van der Waals surface area (Å²) in [6, 6.07) is 25.4. The molecule has 1 aromatic heterocycles. The van der Waals surface area contributed by atoms with Crippen LogP contribution < -0.4 is 14.5 Å². The first-order valence-corrected chi connectivity index (χ1v) is 15.9. The molecular weight excluding hydrogens is 552 g/mol. The number of anilines is 2. The number of hydrogen-bond acceptors (Lipinski definition) is 6. The first-order valence-electron chi connectivity index (χ1n) is 15.9. The van der Waals surface area contributed by atoms with Crippen molar-refractivity contribution in [2.24, 2.45) is 0 Å². The van der Waals surface area contributed by atoms with E-state index >= 15 is 0 Å². The number of aromatic nitrogens is 1. The highest BCUT2D eigenvalue weighted by molar-refractivity contribution is 6.02. The second-order valence-corrected chi connectivity index (χ2v) is 12.0. The van der Waals surface area contributed by atoms with Gasteiger partial charge in [-0.3, -0.25) is 4.79 Å². The van der Waals surface area contributed by atoms with Gasteiger partial charge >= 0.3 is 0 Å². The van der Waals surface area contributed by atoms with Gasteiger partial charge < -0.3 is 33.9 Å². The molecule has 1 N–H and O–H groups in total. The van der Waals surface area contributed by atoms with Gasteiger partial charge in [-0.1, -0.05) is 30.3 Å². The summed E-state index contributed by atoms with van der Waals surface area (Å²) < 4.78 is 18.1. The molecule has 2 saturated heterocycles. The molecule has 8 heteroatoms. The van der Waals surface area contributed by atoms with Crippen molar-refractivity contribution in [3.05, 3.63) is 107 Å². The number of fused-ring (bicyclic) bond motifs is 6. The highest BCUT2D eigenvalue weighted by Gasteiger charge is 2.56. The average molecular weight is 591 g/mol. The van der Waals surface area contributed by atoms with Crippen molar-refractivity contribution in [2.45, 2.75) is 24.8 Å². The molecule has 3 aromatic carbocycles. The van der Waals surface area contributed by atoms with Crippen molar-refractivity contribution in [2.75, 3.05) is 69.0 Å².